The molecule has 0 aliphatic carbocycles. The van der Waals surface area contributed by atoms with Gasteiger partial charge in [0, 0.05) is 31.6 Å². The molecular formula is C25H29ClN6O2S. The minimum absolute atomic E-state index is 0.132. The Hall–Kier alpha value is -3.30. The zero-order valence-corrected chi connectivity index (χ0v) is 21.8. The zero-order chi connectivity index (χ0) is 25.1. The fourth-order valence-corrected chi connectivity index (χ4v) is 4.50. The molecule has 0 bridgehead atoms. The highest BCUT2D eigenvalue weighted by Crippen LogP contribution is 2.24. The molecule has 1 aromatic heterocycles. The predicted octanol–water partition coefficient (Wildman–Crippen LogP) is 4.60. The maximum Gasteiger partial charge on any atom is 0.316 e. The molecule has 8 nitrogen and oxygen atoms in total. The van der Waals surface area contributed by atoms with Crippen LogP contribution < -0.4 is 15.6 Å². The number of hydrogen-bond acceptors (Lipinski definition) is 6. The lowest BCUT2D eigenvalue weighted by atomic mass is 10.2. The number of anilines is 1. The van der Waals surface area contributed by atoms with Crippen molar-refractivity contribution in [2.75, 3.05) is 18.4 Å². The third-order valence-corrected chi connectivity index (χ3v) is 6.56. The van der Waals surface area contributed by atoms with Crippen LogP contribution in [0.3, 0.4) is 0 Å². The Kier molecular flexibility index (Phi) is 7.47. The molecule has 4 rings (SSSR count). The van der Waals surface area contributed by atoms with E-state index < -0.39 is 0 Å². The lowest BCUT2D eigenvalue weighted by molar-refractivity contribution is 0.141. The highest BCUT2D eigenvalue weighted by atomic mass is 35.5. The molecule has 184 valence electrons. The molecular weight excluding hydrogens is 484 g/mol. The second-order valence-electron chi connectivity index (χ2n) is 8.15. The van der Waals surface area contributed by atoms with Crippen molar-refractivity contribution >= 4 is 40.5 Å². The average molecular weight is 513 g/mol. The third kappa shape index (κ3) is 5.06. The van der Waals surface area contributed by atoms with E-state index in [9.17, 15) is 4.79 Å². The van der Waals surface area contributed by atoms with Gasteiger partial charge in [0.25, 0.3) is 5.56 Å². The number of benzene rings is 2. The number of nitrogens with zero attached hydrogens (tertiary/aromatic N) is 5. The summed E-state index contributed by atoms with van der Waals surface area (Å²) in [6.07, 6.45) is 0.347. The molecule has 10 heteroatoms. The van der Waals surface area contributed by atoms with E-state index in [4.69, 9.17) is 28.6 Å². The topological polar surface area (TPSA) is 67.0 Å². The van der Waals surface area contributed by atoms with E-state index >= 15 is 0 Å². The quantitative estimate of drug-likeness (QED) is 0.467. The van der Waals surface area contributed by atoms with Crippen LogP contribution in [0.5, 0.6) is 5.75 Å². The van der Waals surface area contributed by atoms with Crippen LogP contribution in [0, 0.1) is 6.92 Å². The Morgan fingerprint density at radius 2 is 1.80 bits per heavy atom. The number of aromatic nitrogens is 2. The number of halogens is 1. The van der Waals surface area contributed by atoms with Crippen molar-refractivity contribution in [2.24, 2.45) is 12.1 Å². The number of hydrazone groups is 1. The van der Waals surface area contributed by atoms with Gasteiger partial charge in [0.1, 0.15) is 17.6 Å². The van der Waals surface area contributed by atoms with Crippen molar-refractivity contribution in [3.63, 3.8) is 0 Å². The SMILES string of the molecule is CCN1N=C(Oc2ccc(Cl)cc2)N(CC)C1CC(=S)Nc1c(C)n(C)n(-c2ccccc2)c1=O. The summed E-state index contributed by atoms with van der Waals surface area (Å²) in [4.78, 5) is 15.9. The van der Waals surface area contributed by atoms with Crippen LogP contribution in [-0.4, -0.2) is 49.5 Å². The van der Waals surface area contributed by atoms with E-state index in [1.54, 1.807) is 16.8 Å². The molecule has 1 unspecified atom stereocenters. The first-order chi connectivity index (χ1) is 16.8. The average Bonchev–Trinajstić information content (AvgIpc) is 3.29. The summed E-state index contributed by atoms with van der Waals surface area (Å²) in [5.74, 6) is 0.658. The highest BCUT2D eigenvalue weighted by molar-refractivity contribution is 7.80. The van der Waals surface area contributed by atoms with Crippen LogP contribution in [-0.2, 0) is 7.05 Å². The number of para-hydroxylation sites is 1. The summed E-state index contributed by atoms with van der Waals surface area (Å²) in [7, 11) is 1.86. The Morgan fingerprint density at radius 1 is 1.11 bits per heavy atom. The molecule has 35 heavy (non-hydrogen) atoms. The first-order valence-corrected chi connectivity index (χ1v) is 12.3. The van der Waals surface area contributed by atoms with Gasteiger partial charge in [-0.3, -0.25) is 14.5 Å². The van der Waals surface area contributed by atoms with Crippen molar-refractivity contribution in [3.8, 4) is 11.4 Å². The molecule has 0 amide bonds. The van der Waals surface area contributed by atoms with Gasteiger partial charge < -0.3 is 15.0 Å². The Morgan fingerprint density at radius 3 is 2.43 bits per heavy atom. The van der Waals surface area contributed by atoms with Crippen molar-refractivity contribution in [1.82, 2.24) is 19.3 Å². The molecule has 0 spiro atoms. The number of thiocarbonyl (C=S) groups is 1. The highest BCUT2D eigenvalue weighted by Gasteiger charge is 2.35. The van der Waals surface area contributed by atoms with E-state index in [0.717, 1.165) is 11.4 Å². The number of rotatable bonds is 7. The molecule has 1 aliphatic heterocycles. The molecule has 1 atom stereocenters. The summed E-state index contributed by atoms with van der Waals surface area (Å²) in [6.45, 7) is 7.35. The summed E-state index contributed by atoms with van der Waals surface area (Å²) in [5.41, 5.74) is 1.93. The van der Waals surface area contributed by atoms with Gasteiger partial charge in [-0.1, -0.05) is 42.0 Å². The van der Waals surface area contributed by atoms with Crippen LogP contribution in [0.1, 0.15) is 26.0 Å². The van der Waals surface area contributed by atoms with E-state index in [1.807, 2.05) is 80.0 Å². The van der Waals surface area contributed by atoms with Gasteiger partial charge in [-0.15, -0.1) is 5.10 Å². The van der Waals surface area contributed by atoms with Crippen LogP contribution in [0.4, 0.5) is 5.69 Å². The van der Waals surface area contributed by atoms with Gasteiger partial charge in [0.15, 0.2) is 0 Å². The van der Waals surface area contributed by atoms with Crippen molar-refractivity contribution < 1.29 is 4.74 Å². The molecule has 3 aromatic rings. The van der Waals surface area contributed by atoms with E-state index in [2.05, 4.69) is 15.3 Å². The molecule has 1 aliphatic rings. The molecule has 0 saturated carbocycles. The first-order valence-electron chi connectivity index (χ1n) is 11.5. The third-order valence-electron chi connectivity index (χ3n) is 6.04. The summed E-state index contributed by atoms with van der Waals surface area (Å²) in [6, 6.07) is 17.2. The summed E-state index contributed by atoms with van der Waals surface area (Å²) < 4.78 is 9.52. The molecule has 2 heterocycles. The van der Waals surface area contributed by atoms with Crippen molar-refractivity contribution in [2.45, 2.75) is 33.4 Å². The molecule has 0 radical (unpaired) electrons. The fourth-order valence-electron chi connectivity index (χ4n) is 4.12. The predicted molar refractivity (Wildman–Crippen MR) is 145 cm³/mol. The fraction of sp³-hybridized carbons (Fsp3) is 0.320. The van der Waals surface area contributed by atoms with Gasteiger partial charge in [-0.05, 0) is 57.2 Å². The second kappa shape index (κ2) is 10.5. The second-order valence-corrected chi connectivity index (χ2v) is 9.08. The molecule has 0 saturated heterocycles. The Labute approximate surface area is 215 Å². The molecule has 0 fully saturated rings. The summed E-state index contributed by atoms with van der Waals surface area (Å²) in [5, 5.41) is 10.5. The van der Waals surface area contributed by atoms with Gasteiger partial charge in [0.2, 0.25) is 0 Å². The normalized spacial score (nSPS) is 15.3. The molecule has 2 aromatic carbocycles. The van der Waals surface area contributed by atoms with E-state index in [-0.39, 0.29) is 11.7 Å². The van der Waals surface area contributed by atoms with Crippen LogP contribution in [0.25, 0.3) is 5.69 Å². The number of nitrogens with one attached hydrogen (secondary N) is 1. The first kappa shape index (κ1) is 24.8. The smallest absolute Gasteiger partial charge is 0.316 e. The largest absolute Gasteiger partial charge is 0.425 e. The lowest BCUT2D eigenvalue weighted by Crippen LogP contribution is -2.45. The Bertz CT molecular complexity index is 1290. The van der Waals surface area contributed by atoms with Gasteiger partial charge in [-0.2, -0.15) is 0 Å². The monoisotopic (exact) mass is 512 g/mol. The molecule has 1 N–H and O–H groups in total. The summed E-state index contributed by atoms with van der Waals surface area (Å²) >= 11 is 11.7. The van der Waals surface area contributed by atoms with Gasteiger partial charge >= 0.3 is 6.02 Å². The van der Waals surface area contributed by atoms with Gasteiger partial charge in [0.05, 0.1) is 16.4 Å². The maximum absolute atomic E-state index is 13.3. The van der Waals surface area contributed by atoms with Crippen LogP contribution in [0.15, 0.2) is 64.5 Å². The maximum atomic E-state index is 13.3. The lowest BCUT2D eigenvalue weighted by Gasteiger charge is -2.30. The minimum Gasteiger partial charge on any atom is -0.425 e. The standard InChI is InChI=1S/C25H29ClN6O2S/c1-5-30-22(31(6-2)28-25(30)34-20-14-12-18(26)13-15-20)16-21(35)27-23-17(3)29(4)32(24(23)33)19-10-8-7-9-11-19/h7-15,22H,5-6,16H2,1-4H3,(H,27,35). The minimum atomic E-state index is -0.146. The van der Waals surface area contributed by atoms with Crippen LogP contribution >= 0.6 is 23.8 Å². The van der Waals surface area contributed by atoms with Crippen molar-refractivity contribution in [3.05, 3.63) is 75.7 Å². The number of ether oxygens (including phenoxy) is 1. The number of amidine groups is 1. The number of hydrogen-bond donors (Lipinski definition) is 1. The van der Waals surface area contributed by atoms with E-state index in [1.165, 1.54) is 0 Å². The van der Waals surface area contributed by atoms with Crippen molar-refractivity contribution in [1.29, 1.82) is 0 Å². The van der Waals surface area contributed by atoms with Crippen LogP contribution in [0.2, 0.25) is 5.02 Å². The van der Waals surface area contributed by atoms with Gasteiger partial charge in [-0.25, -0.2) is 4.68 Å². The zero-order valence-electron chi connectivity index (χ0n) is 20.2. The Balaban J connectivity index is 1.52. The van der Waals surface area contributed by atoms with E-state index in [0.29, 0.717) is 47.0 Å².